The lowest BCUT2D eigenvalue weighted by Crippen LogP contribution is -2.42. The molecule has 1 aliphatic rings. The molecule has 0 bridgehead atoms. The van der Waals surface area contributed by atoms with Crippen LogP contribution in [0.1, 0.15) is 30.6 Å². The number of halogens is 2. The Hall–Kier alpha value is -1.44. The highest BCUT2D eigenvalue weighted by Crippen LogP contribution is 2.22. The van der Waals surface area contributed by atoms with Crippen molar-refractivity contribution in [2.75, 3.05) is 25.1 Å². The van der Waals surface area contributed by atoms with Crippen molar-refractivity contribution in [2.45, 2.75) is 38.1 Å². The van der Waals surface area contributed by atoms with Gasteiger partial charge in [-0.3, -0.25) is 4.79 Å². The summed E-state index contributed by atoms with van der Waals surface area (Å²) < 4.78 is 19.0. The molecular weight excluding hydrogens is 325 g/mol. The fraction of sp³-hybridized carbons (Fsp3) is 0.600. The first-order valence-electron chi connectivity index (χ1n) is 7.42. The number of rotatable bonds is 6. The molecule has 1 amide bonds. The Morgan fingerprint density at radius 2 is 2.39 bits per heavy atom. The number of alkyl halides is 1. The lowest BCUT2D eigenvalue weighted by molar-refractivity contribution is -0.00177. The number of nitrogens with zero attached hydrogens (tertiary/aromatic N) is 1. The van der Waals surface area contributed by atoms with Crippen LogP contribution in [0.5, 0.6) is 0 Å². The van der Waals surface area contributed by atoms with Crippen LogP contribution in [0.3, 0.4) is 0 Å². The van der Waals surface area contributed by atoms with Crippen molar-refractivity contribution in [1.29, 1.82) is 0 Å². The van der Waals surface area contributed by atoms with E-state index >= 15 is 0 Å². The topological polar surface area (TPSA) is 83.5 Å². The quantitative estimate of drug-likeness (QED) is 0.684. The van der Waals surface area contributed by atoms with E-state index in [1.54, 1.807) is 6.07 Å². The largest absolute Gasteiger partial charge is 0.387 e. The third-order valence-electron chi connectivity index (χ3n) is 3.61. The molecule has 0 spiro atoms. The normalized spacial score (nSPS) is 19.4. The van der Waals surface area contributed by atoms with Gasteiger partial charge in [-0.05, 0) is 26.3 Å². The Morgan fingerprint density at radius 1 is 1.65 bits per heavy atom. The van der Waals surface area contributed by atoms with Crippen LogP contribution < -0.4 is 10.6 Å². The molecule has 1 aromatic heterocycles. The highest BCUT2D eigenvalue weighted by molar-refractivity contribution is 6.29. The maximum absolute atomic E-state index is 13.7. The Balaban J connectivity index is 2.06. The maximum atomic E-state index is 13.7. The standard InChI is InChI=1S/C15H21ClFN3O3/c1-15(2,22)12(17)7-19-14(21)10-6-18-13(16)5-11(10)20-9-3-4-23-8-9/h5-6,9,12,22H,3-4,7-8H2,1-2H3,(H,18,20)(H,19,21). The number of hydrogen-bond donors (Lipinski definition) is 3. The summed E-state index contributed by atoms with van der Waals surface area (Å²) in [4.78, 5) is 16.2. The van der Waals surface area contributed by atoms with Crippen LogP contribution in [0.4, 0.5) is 10.1 Å². The fourth-order valence-electron chi connectivity index (χ4n) is 2.13. The van der Waals surface area contributed by atoms with Crippen molar-refractivity contribution in [1.82, 2.24) is 10.3 Å². The molecule has 6 nitrogen and oxygen atoms in total. The SMILES string of the molecule is CC(C)(O)C(F)CNC(=O)c1cnc(Cl)cc1NC1CCOC1. The Labute approximate surface area is 139 Å². The Morgan fingerprint density at radius 3 is 3.00 bits per heavy atom. The summed E-state index contributed by atoms with van der Waals surface area (Å²) in [6.07, 6.45) is 0.589. The molecule has 0 aliphatic carbocycles. The summed E-state index contributed by atoms with van der Waals surface area (Å²) in [5.74, 6) is -0.484. The number of hydrogen-bond acceptors (Lipinski definition) is 5. The summed E-state index contributed by atoms with van der Waals surface area (Å²) in [7, 11) is 0. The van der Waals surface area contributed by atoms with Gasteiger partial charge >= 0.3 is 0 Å². The lowest BCUT2D eigenvalue weighted by Gasteiger charge is -2.23. The minimum absolute atomic E-state index is 0.0883. The van der Waals surface area contributed by atoms with Crippen molar-refractivity contribution < 1.29 is 19.0 Å². The van der Waals surface area contributed by atoms with Crippen molar-refractivity contribution in [3.63, 3.8) is 0 Å². The second-order valence-corrected chi connectivity index (χ2v) is 6.48. The van der Waals surface area contributed by atoms with E-state index in [9.17, 15) is 14.3 Å². The number of aromatic nitrogens is 1. The van der Waals surface area contributed by atoms with Gasteiger partial charge in [-0.1, -0.05) is 11.6 Å². The zero-order valence-corrected chi connectivity index (χ0v) is 13.9. The van der Waals surface area contributed by atoms with E-state index in [1.165, 1.54) is 20.0 Å². The number of carbonyl (C=O) groups is 1. The van der Waals surface area contributed by atoms with Gasteiger partial charge in [-0.15, -0.1) is 0 Å². The summed E-state index contributed by atoms with van der Waals surface area (Å²) in [6, 6.07) is 1.64. The Kier molecular flexibility index (Phi) is 5.78. The molecule has 8 heteroatoms. The van der Waals surface area contributed by atoms with Crippen LogP contribution in [0.2, 0.25) is 5.15 Å². The predicted molar refractivity (Wildman–Crippen MR) is 85.6 cm³/mol. The third-order valence-corrected chi connectivity index (χ3v) is 3.82. The molecule has 128 valence electrons. The average molecular weight is 346 g/mol. The number of nitrogens with one attached hydrogen (secondary N) is 2. The molecule has 1 saturated heterocycles. The number of carbonyl (C=O) groups excluding carboxylic acids is 1. The monoisotopic (exact) mass is 345 g/mol. The van der Waals surface area contributed by atoms with Gasteiger partial charge in [0.05, 0.1) is 36.0 Å². The van der Waals surface area contributed by atoms with Crippen LogP contribution in [-0.4, -0.2) is 53.6 Å². The molecule has 23 heavy (non-hydrogen) atoms. The van der Waals surface area contributed by atoms with Gasteiger partial charge in [0.2, 0.25) is 0 Å². The zero-order valence-electron chi connectivity index (χ0n) is 13.1. The molecule has 1 fully saturated rings. The van der Waals surface area contributed by atoms with Crippen LogP contribution in [0.25, 0.3) is 0 Å². The van der Waals surface area contributed by atoms with E-state index in [2.05, 4.69) is 15.6 Å². The fourth-order valence-corrected chi connectivity index (χ4v) is 2.28. The molecule has 1 aromatic rings. The first kappa shape index (κ1) is 17.9. The van der Waals surface area contributed by atoms with Crippen LogP contribution in [0.15, 0.2) is 12.3 Å². The highest BCUT2D eigenvalue weighted by Gasteiger charge is 2.27. The maximum Gasteiger partial charge on any atom is 0.255 e. The van der Waals surface area contributed by atoms with E-state index < -0.39 is 17.7 Å². The van der Waals surface area contributed by atoms with E-state index in [0.717, 1.165) is 6.42 Å². The van der Waals surface area contributed by atoms with E-state index in [0.29, 0.717) is 18.9 Å². The summed E-state index contributed by atoms with van der Waals surface area (Å²) in [5.41, 5.74) is -0.728. The average Bonchev–Trinajstić information content (AvgIpc) is 2.96. The van der Waals surface area contributed by atoms with E-state index in [4.69, 9.17) is 16.3 Å². The number of aliphatic hydroxyl groups is 1. The summed E-state index contributed by atoms with van der Waals surface area (Å²) in [5, 5.41) is 15.5. The third kappa shape index (κ3) is 5.02. The molecule has 2 rings (SSSR count). The second kappa shape index (κ2) is 7.42. The van der Waals surface area contributed by atoms with Crippen LogP contribution in [0, 0.1) is 0 Å². The van der Waals surface area contributed by atoms with Crippen molar-refractivity contribution in [3.8, 4) is 0 Å². The predicted octanol–water partition coefficient (Wildman–Crippen LogP) is 1.77. The Bertz CT molecular complexity index is 559. The minimum atomic E-state index is -1.58. The van der Waals surface area contributed by atoms with Gasteiger partial charge in [0.15, 0.2) is 0 Å². The van der Waals surface area contributed by atoms with E-state index in [-0.39, 0.29) is 23.3 Å². The minimum Gasteiger partial charge on any atom is -0.387 e. The number of ether oxygens (including phenoxy) is 1. The van der Waals surface area contributed by atoms with Crippen molar-refractivity contribution in [2.24, 2.45) is 0 Å². The highest BCUT2D eigenvalue weighted by atomic mass is 35.5. The molecule has 2 heterocycles. The van der Waals surface area contributed by atoms with Gasteiger partial charge in [0.25, 0.3) is 5.91 Å². The summed E-state index contributed by atoms with van der Waals surface area (Å²) >= 11 is 5.89. The second-order valence-electron chi connectivity index (χ2n) is 6.09. The molecule has 1 aliphatic heterocycles. The van der Waals surface area contributed by atoms with Gasteiger partial charge in [-0.25, -0.2) is 9.37 Å². The van der Waals surface area contributed by atoms with Gasteiger partial charge < -0.3 is 20.5 Å². The number of pyridine rings is 1. The van der Waals surface area contributed by atoms with Crippen molar-refractivity contribution >= 4 is 23.2 Å². The van der Waals surface area contributed by atoms with Crippen LogP contribution >= 0.6 is 11.6 Å². The molecule has 0 saturated carbocycles. The lowest BCUT2D eigenvalue weighted by atomic mass is 10.0. The van der Waals surface area contributed by atoms with Crippen molar-refractivity contribution in [3.05, 3.63) is 23.0 Å². The molecule has 2 atom stereocenters. The van der Waals surface area contributed by atoms with Gasteiger partial charge in [0, 0.05) is 12.8 Å². The first-order chi connectivity index (χ1) is 10.8. The van der Waals surface area contributed by atoms with E-state index in [1.807, 2.05) is 0 Å². The smallest absolute Gasteiger partial charge is 0.255 e. The zero-order chi connectivity index (χ0) is 17.0. The van der Waals surface area contributed by atoms with Gasteiger partial charge in [-0.2, -0.15) is 0 Å². The molecule has 2 unspecified atom stereocenters. The summed E-state index contributed by atoms with van der Waals surface area (Å²) in [6.45, 7) is 3.61. The molecule has 3 N–H and O–H groups in total. The van der Waals surface area contributed by atoms with Gasteiger partial charge in [0.1, 0.15) is 11.3 Å². The molecule has 0 aromatic carbocycles. The van der Waals surface area contributed by atoms with Crippen LogP contribution in [-0.2, 0) is 4.74 Å². The number of amides is 1. The molecular formula is C15H21ClFN3O3. The number of anilines is 1. The molecule has 0 radical (unpaired) electrons. The first-order valence-corrected chi connectivity index (χ1v) is 7.79.